The van der Waals surface area contributed by atoms with Gasteiger partial charge in [-0.3, -0.25) is 4.79 Å². The molecular formula is C22H28N2O4S. The zero-order valence-corrected chi connectivity index (χ0v) is 18.0. The number of carbonyl (C=O) groups excluding carboxylic acids is 1. The van der Waals surface area contributed by atoms with Crippen LogP contribution in [0.3, 0.4) is 0 Å². The van der Waals surface area contributed by atoms with Gasteiger partial charge in [-0.1, -0.05) is 26.0 Å². The maximum absolute atomic E-state index is 12.9. The average molecular weight is 417 g/mol. The van der Waals surface area contributed by atoms with Crippen molar-refractivity contribution in [2.24, 2.45) is 0 Å². The van der Waals surface area contributed by atoms with E-state index in [0.717, 1.165) is 11.3 Å². The van der Waals surface area contributed by atoms with Crippen molar-refractivity contribution >= 4 is 15.9 Å². The number of hydrogen-bond acceptors (Lipinski definition) is 4. The highest BCUT2D eigenvalue weighted by Crippen LogP contribution is 2.22. The summed E-state index contributed by atoms with van der Waals surface area (Å²) in [7, 11) is -3.55. The Balaban J connectivity index is 1.63. The summed E-state index contributed by atoms with van der Waals surface area (Å²) in [5.74, 6) is 0.985. The van der Waals surface area contributed by atoms with Crippen LogP contribution in [0.4, 0.5) is 0 Å². The molecule has 3 rings (SSSR count). The van der Waals surface area contributed by atoms with Crippen LogP contribution >= 0.6 is 0 Å². The highest BCUT2D eigenvalue weighted by molar-refractivity contribution is 7.89. The van der Waals surface area contributed by atoms with E-state index in [1.165, 1.54) is 4.31 Å². The van der Waals surface area contributed by atoms with E-state index in [4.69, 9.17) is 4.74 Å². The van der Waals surface area contributed by atoms with Gasteiger partial charge in [0.15, 0.2) is 0 Å². The fraction of sp³-hybridized carbons (Fsp3) is 0.409. The van der Waals surface area contributed by atoms with Crippen molar-refractivity contribution in [1.82, 2.24) is 9.21 Å². The Hall–Kier alpha value is -2.38. The van der Waals surface area contributed by atoms with Gasteiger partial charge in [-0.2, -0.15) is 4.31 Å². The summed E-state index contributed by atoms with van der Waals surface area (Å²) in [6.07, 6.45) is 0. The number of piperazine rings is 1. The van der Waals surface area contributed by atoms with Gasteiger partial charge in [0.2, 0.25) is 10.0 Å². The number of nitrogens with zero attached hydrogens (tertiary/aromatic N) is 2. The molecule has 0 atom stereocenters. The summed E-state index contributed by atoms with van der Waals surface area (Å²) in [6.45, 7) is 7.95. The first-order valence-electron chi connectivity index (χ1n) is 9.95. The molecule has 1 saturated heterocycles. The van der Waals surface area contributed by atoms with Crippen molar-refractivity contribution in [1.29, 1.82) is 0 Å². The molecule has 2 aromatic carbocycles. The van der Waals surface area contributed by atoms with Crippen LogP contribution in [0.15, 0.2) is 53.4 Å². The summed E-state index contributed by atoms with van der Waals surface area (Å²) in [5, 5.41) is 0. The SMILES string of the molecule is CCOc1ccc(C(=O)N2CCN(S(=O)(=O)c3ccc(C(C)C)cc3)CC2)cc1. The third-order valence-electron chi connectivity index (χ3n) is 5.12. The molecule has 0 saturated carbocycles. The molecule has 0 N–H and O–H groups in total. The quantitative estimate of drug-likeness (QED) is 0.724. The van der Waals surface area contributed by atoms with Crippen molar-refractivity contribution in [3.63, 3.8) is 0 Å². The van der Waals surface area contributed by atoms with Gasteiger partial charge < -0.3 is 9.64 Å². The van der Waals surface area contributed by atoms with Gasteiger partial charge in [0.1, 0.15) is 5.75 Å². The van der Waals surface area contributed by atoms with E-state index < -0.39 is 10.0 Å². The molecule has 0 unspecified atom stereocenters. The molecule has 0 aromatic heterocycles. The van der Waals surface area contributed by atoms with Gasteiger partial charge in [-0.05, 0) is 54.8 Å². The van der Waals surface area contributed by atoms with Crippen LogP contribution in [0.2, 0.25) is 0 Å². The fourth-order valence-electron chi connectivity index (χ4n) is 3.35. The maximum Gasteiger partial charge on any atom is 0.253 e. The van der Waals surface area contributed by atoms with E-state index in [1.807, 2.05) is 19.1 Å². The van der Waals surface area contributed by atoms with Crippen molar-refractivity contribution < 1.29 is 17.9 Å². The Bertz CT molecular complexity index is 930. The van der Waals surface area contributed by atoms with Crippen LogP contribution in [0, 0.1) is 0 Å². The van der Waals surface area contributed by atoms with Gasteiger partial charge in [-0.25, -0.2) is 8.42 Å². The number of ether oxygens (including phenoxy) is 1. The topological polar surface area (TPSA) is 66.9 Å². The number of benzene rings is 2. The van der Waals surface area contributed by atoms with Crippen LogP contribution in [-0.4, -0.2) is 56.3 Å². The largest absolute Gasteiger partial charge is 0.494 e. The lowest BCUT2D eigenvalue weighted by atomic mass is 10.0. The Labute approximate surface area is 173 Å². The van der Waals surface area contributed by atoms with Gasteiger partial charge in [0, 0.05) is 31.7 Å². The first-order chi connectivity index (χ1) is 13.8. The van der Waals surface area contributed by atoms with Crippen molar-refractivity contribution in [3.8, 4) is 5.75 Å². The highest BCUT2D eigenvalue weighted by atomic mass is 32.2. The zero-order valence-electron chi connectivity index (χ0n) is 17.2. The monoisotopic (exact) mass is 416 g/mol. The second kappa shape index (κ2) is 8.97. The number of sulfonamides is 1. The second-order valence-electron chi connectivity index (χ2n) is 7.38. The Kier molecular flexibility index (Phi) is 6.59. The van der Waals surface area contributed by atoms with Crippen molar-refractivity contribution in [3.05, 3.63) is 59.7 Å². The van der Waals surface area contributed by atoms with Gasteiger partial charge in [0.05, 0.1) is 11.5 Å². The lowest BCUT2D eigenvalue weighted by Gasteiger charge is -2.34. The number of carbonyl (C=O) groups is 1. The minimum atomic E-state index is -3.55. The Morgan fingerprint density at radius 3 is 2.07 bits per heavy atom. The highest BCUT2D eigenvalue weighted by Gasteiger charge is 2.30. The van der Waals surface area contributed by atoms with Gasteiger partial charge in [-0.15, -0.1) is 0 Å². The molecule has 0 aliphatic carbocycles. The van der Waals surface area contributed by atoms with Crippen LogP contribution in [0.1, 0.15) is 42.6 Å². The van der Waals surface area contributed by atoms with Crippen LogP contribution in [0.5, 0.6) is 5.75 Å². The smallest absolute Gasteiger partial charge is 0.253 e. The van der Waals surface area contributed by atoms with Gasteiger partial charge >= 0.3 is 0 Å². The normalized spacial score (nSPS) is 15.5. The van der Waals surface area contributed by atoms with E-state index in [2.05, 4.69) is 13.8 Å². The fourth-order valence-corrected chi connectivity index (χ4v) is 4.77. The predicted molar refractivity (Wildman–Crippen MR) is 113 cm³/mol. The molecule has 1 amide bonds. The number of rotatable bonds is 6. The molecule has 1 aliphatic heterocycles. The Morgan fingerprint density at radius 2 is 1.55 bits per heavy atom. The predicted octanol–water partition coefficient (Wildman–Crippen LogP) is 3.36. The lowest BCUT2D eigenvalue weighted by Crippen LogP contribution is -2.50. The van der Waals surface area contributed by atoms with Crippen molar-refractivity contribution in [2.75, 3.05) is 32.8 Å². The molecule has 156 valence electrons. The summed E-state index contributed by atoms with van der Waals surface area (Å²) >= 11 is 0. The molecule has 1 aliphatic rings. The molecule has 0 spiro atoms. The third kappa shape index (κ3) is 4.79. The summed E-state index contributed by atoms with van der Waals surface area (Å²) in [5.41, 5.74) is 1.68. The summed E-state index contributed by atoms with van der Waals surface area (Å²) in [4.78, 5) is 14.7. The van der Waals surface area contributed by atoms with Crippen LogP contribution < -0.4 is 4.74 Å². The molecule has 0 bridgehead atoms. The number of hydrogen-bond donors (Lipinski definition) is 0. The van der Waals surface area contributed by atoms with Crippen LogP contribution in [-0.2, 0) is 10.0 Å². The molecule has 6 nitrogen and oxygen atoms in total. The third-order valence-corrected chi connectivity index (χ3v) is 7.04. The molecule has 7 heteroatoms. The molecule has 1 heterocycles. The van der Waals surface area contributed by atoms with E-state index in [9.17, 15) is 13.2 Å². The molecular weight excluding hydrogens is 388 g/mol. The molecule has 1 fully saturated rings. The minimum absolute atomic E-state index is 0.0913. The van der Waals surface area contributed by atoms with Gasteiger partial charge in [0.25, 0.3) is 5.91 Å². The zero-order chi connectivity index (χ0) is 21.0. The van der Waals surface area contributed by atoms with Crippen molar-refractivity contribution in [2.45, 2.75) is 31.6 Å². The Morgan fingerprint density at radius 1 is 0.966 bits per heavy atom. The van der Waals surface area contributed by atoms with E-state index >= 15 is 0 Å². The minimum Gasteiger partial charge on any atom is -0.494 e. The van der Waals surface area contributed by atoms with E-state index in [1.54, 1.807) is 41.3 Å². The molecule has 2 aromatic rings. The molecule has 29 heavy (non-hydrogen) atoms. The summed E-state index contributed by atoms with van der Waals surface area (Å²) in [6, 6.07) is 14.1. The first-order valence-corrected chi connectivity index (χ1v) is 11.4. The maximum atomic E-state index is 12.9. The lowest BCUT2D eigenvalue weighted by molar-refractivity contribution is 0.0698. The summed E-state index contributed by atoms with van der Waals surface area (Å²) < 4.78 is 32.7. The first kappa shape index (κ1) is 21.3. The standard InChI is InChI=1S/C22H28N2O4S/c1-4-28-20-9-5-19(6-10-20)22(25)23-13-15-24(16-14-23)29(26,27)21-11-7-18(8-12-21)17(2)3/h5-12,17H,4,13-16H2,1-3H3. The number of amides is 1. The average Bonchev–Trinajstić information content (AvgIpc) is 2.74. The van der Waals surface area contributed by atoms with Crippen LogP contribution in [0.25, 0.3) is 0 Å². The second-order valence-corrected chi connectivity index (χ2v) is 9.32. The molecule has 0 radical (unpaired) electrons. The van der Waals surface area contributed by atoms with E-state index in [-0.39, 0.29) is 19.0 Å². The van der Waals surface area contributed by atoms with E-state index in [0.29, 0.717) is 36.1 Å².